The molecule has 1 rings (SSSR count). The van der Waals surface area contributed by atoms with Crippen molar-refractivity contribution in [1.82, 2.24) is 0 Å². The second kappa shape index (κ2) is 3.53. The summed E-state index contributed by atoms with van der Waals surface area (Å²) in [6, 6.07) is 8.88. The minimum Gasteiger partial charge on any atom is -0.0561 e. The average Bonchev–Trinajstić information content (AvgIpc) is 2.03. The normalized spacial score (nSPS) is 11.7. The molecule has 0 spiro atoms. The van der Waals surface area contributed by atoms with Crippen molar-refractivity contribution in [3.8, 4) is 0 Å². The topological polar surface area (TPSA) is 0 Å². The standard InChI is InChI=1S/C11H16S/c1-11(2,3)9-5-7-10(12-4)8-6-9/h5-8H,1-4H3/p+1. The van der Waals surface area contributed by atoms with E-state index in [4.69, 9.17) is 0 Å². The fourth-order valence-electron chi connectivity index (χ4n) is 1.11. The Bertz CT molecular complexity index is 241. The van der Waals surface area contributed by atoms with Crippen LogP contribution < -0.4 is 0 Å². The summed E-state index contributed by atoms with van der Waals surface area (Å²) >= 11 is 1.35. The molecule has 66 valence electrons. The van der Waals surface area contributed by atoms with Crippen LogP contribution in [0.1, 0.15) is 26.3 Å². The summed E-state index contributed by atoms with van der Waals surface area (Å²) in [7, 11) is 0. The summed E-state index contributed by atoms with van der Waals surface area (Å²) in [6.45, 7) is 6.73. The molecule has 12 heavy (non-hydrogen) atoms. The Hall–Kier alpha value is -0.430. The molecule has 0 aliphatic rings. The summed E-state index contributed by atoms with van der Waals surface area (Å²) in [5.74, 6) is 0. The molecule has 0 radical (unpaired) electrons. The van der Waals surface area contributed by atoms with E-state index in [1.807, 2.05) is 0 Å². The number of hydrogen-bond acceptors (Lipinski definition) is 0. The zero-order valence-electron chi connectivity index (χ0n) is 8.26. The zero-order valence-corrected chi connectivity index (χ0v) is 9.15. The first-order valence-electron chi connectivity index (χ1n) is 4.24. The van der Waals surface area contributed by atoms with Gasteiger partial charge < -0.3 is 0 Å². The Labute approximate surface area is 79.4 Å². The van der Waals surface area contributed by atoms with E-state index in [-0.39, 0.29) is 5.41 Å². The second-order valence-corrected chi connectivity index (χ2v) is 4.98. The van der Waals surface area contributed by atoms with E-state index in [0.717, 1.165) is 0 Å². The van der Waals surface area contributed by atoms with Gasteiger partial charge in [-0.25, -0.2) is 0 Å². The summed E-state index contributed by atoms with van der Waals surface area (Å²) in [5, 5.41) is 0. The third kappa shape index (κ3) is 2.28. The Morgan fingerprint density at radius 3 is 1.83 bits per heavy atom. The minimum atomic E-state index is 0.281. The van der Waals surface area contributed by atoms with Crippen molar-refractivity contribution < 1.29 is 0 Å². The molecular formula is C11H17S+. The van der Waals surface area contributed by atoms with Gasteiger partial charge in [0.15, 0.2) is 4.90 Å². The van der Waals surface area contributed by atoms with E-state index in [0.29, 0.717) is 0 Å². The van der Waals surface area contributed by atoms with Gasteiger partial charge in [0.25, 0.3) is 0 Å². The molecule has 0 nitrogen and oxygen atoms in total. The first kappa shape index (κ1) is 9.66. The molecule has 1 aromatic carbocycles. The summed E-state index contributed by atoms with van der Waals surface area (Å²) < 4.78 is 0. The number of benzene rings is 1. The smallest absolute Gasteiger partial charge is 0.0561 e. The van der Waals surface area contributed by atoms with Crippen molar-refractivity contribution in [2.75, 3.05) is 6.26 Å². The van der Waals surface area contributed by atoms with Crippen LogP contribution >= 0.6 is 0 Å². The summed E-state index contributed by atoms with van der Waals surface area (Å²) in [4.78, 5) is 1.39. The Morgan fingerprint density at radius 1 is 1.00 bits per heavy atom. The first-order valence-corrected chi connectivity index (χ1v) is 5.58. The quantitative estimate of drug-likeness (QED) is 0.461. The van der Waals surface area contributed by atoms with Gasteiger partial charge in [0.05, 0.1) is 0 Å². The van der Waals surface area contributed by atoms with Gasteiger partial charge in [-0.05, 0) is 23.1 Å². The van der Waals surface area contributed by atoms with E-state index in [2.05, 4.69) is 51.3 Å². The zero-order chi connectivity index (χ0) is 9.19. The van der Waals surface area contributed by atoms with Gasteiger partial charge in [0, 0.05) is 11.8 Å². The Morgan fingerprint density at radius 2 is 1.50 bits per heavy atom. The van der Waals surface area contributed by atoms with Gasteiger partial charge in [-0.15, -0.1) is 0 Å². The molecule has 1 aromatic rings. The molecule has 0 heterocycles. The molecule has 0 aliphatic carbocycles. The van der Waals surface area contributed by atoms with Crippen LogP contribution in [0.25, 0.3) is 0 Å². The number of rotatable bonds is 1. The maximum absolute atomic E-state index is 2.24. The molecule has 0 amide bonds. The van der Waals surface area contributed by atoms with Gasteiger partial charge in [-0.2, -0.15) is 0 Å². The van der Waals surface area contributed by atoms with E-state index in [9.17, 15) is 0 Å². The highest BCUT2D eigenvalue weighted by Gasteiger charge is 2.13. The highest BCUT2D eigenvalue weighted by molar-refractivity contribution is 7.77. The molecule has 0 saturated heterocycles. The molecule has 1 heteroatoms. The van der Waals surface area contributed by atoms with Crippen molar-refractivity contribution in [3.63, 3.8) is 0 Å². The third-order valence-corrected chi connectivity index (χ3v) is 2.81. The SMILES string of the molecule is C[SH+]c1ccc(C(C)(C)C)cc1. The Kier molecular flexibility index (Phi) is 2.84. The second-order valence-electron chi connectivity index (χ2n) is 4.02. The Balaban J connectivity index is 2.93. The van der Waals surface area contributed by atoms with Gasteiger partial charge >= 0.3 is 0 Å². The van der Waals surface area contributed by atoms with Crippen LogP contribution in [0.4, 0.5) is 0 Å². The van der Waals surface area contributed by atoms with E-state index in [1.54, 1.807) is 0 Å². The summed E-state index contributed by atoms with van der Waals surface area (Å²) in [6.07, 6.45) is 2.16. The minimum absolute atomic E-state index is 0.281. The molecular weight excluding hydrogens is 164 g/mol. The maximum Gasteiger partial charge on any atom is 0.152 e. The van der Waals surface area contributed by atoms with Crippen LogP contribution in [0.2, 0.25) is 0 Å². The van der Waals surface area contributed by atoms with Gasteiger partial charge in [-0.3, -0.25) is 0 Å². The lowest BCUT2D eigenvalue weighted by Crippen LogP contribution is -2.10. The monoisotopic (exact) mass is 181 g/mol. The van der Waals surface area contributed by atoms with Crippen molar-refractivity contribution in [2.24, 2.45) is 0 Å². The van der Waals surface area contributed by atoms with E-state index < -0.39 is 0 Å². The van der Waals surface area contributed by atoms with Gasteiger partial charge in [-0.1, -0.05) is 32.9 Å². The van der Waals surface area contributed by atoms with Crippen LogP contribution in [0, 0.1) is 0 Å². The molecule has 0 atom stereocenters. The van der Waals surface area contributed by atoms with Gasteiger partial charge in [0.1, 0.15) is 6.26 Å². The fraction of sp³-hybridized carbons (Fsp3) is 0.455. The van der Waals surface area contributed by atoms with Crippen LogP contribution in [-0.4, -0.2) is 6.26 Å². The molecule has 0 aliphatic heterocycles. The van der Waals surface area contributed by atoms with E-state index in [1.165, 1.54) is 22.2 Å². The highest BCUT2D eigenvalue weighted by atomic mass is 32.2. The predicted octanol–water partition coefficient (Wildman–Crippen LogP) is 2.79. The predicted molar refractivity (Wildman–Crippen MR) is 58.1 cm³/mol. The molecule has 0 bridgehead atoms. The van der Waals surface area contributed by atoms with Crippen LogP contribution in [0.3, 0.4) is 0 Å². The summed E-state index contributed by atoms with van der Waals surface area (Å²) in [5.41, 5.74) is 1.69. The lowest BCUT2D eigenvalue weighted by atomic mass is 9.87. The van der Waals surface area contributed by atoms with Crippen LogP contribution in [-0.2, 0) is 17.2 Å². The molecule has 0 saturated carbocycles. The lowest BCUT2D eigenvalue weighted by molar-refractivity contribution is 0.590. The highest BCUT2D eigenvalue weighted by Crippen LogP contribution is 2.22. The van der Waals surface area contributed by atoms with E-state index >= 15 is 0 Å². The maximum atomic E-state index is 2.24. The third-order valence-electron chi connectivity index (χ3n) is 1.99. The molecule has 0 unspecified atom stereocenters. The van der Waals surface area contributed by atoms with Crippen LogP contribution in [0.15, 0.2) is 29.2 Å². The lowest BCUT2D eigenvalue weighted by Gasteiger charge is -2.18. The van der Waals surface area contributed by atoms with Crippen molar-refractivity contribution in [1.29, 1.82) is 0 Å². The van der Waals surface area contributed by atoms with Crippen molar-refractivity contribution >= 4 is 11.8 Å². The fourth-order valence-corrected chi connectivity index (χ4v) is 1.56. The molecule has 0 aromatic heterocycles. The molecule has 0 N–H and O–H groups in total. The average molecular weight is 181 g/mol. The number of hydrogen-bond donors (Lipinski definition) is 0. The van der Waals surface area contributed by atoms with Crippen molar-refractivity contribution in [3.05, 3.63) is 29.8 Å². The van der Waals surface area contributed by atoms with Crippen LogP contribution in [0.5, 0.6) is 0 Å². The van der Waals surface area contributed by atoms with Gasteiger partial charge in [0.2, 0.25) is 0 Å². The largest absolute Gasteiger partial charge is 0.152 e. The first-order chi connectivity index (χ1) is 5.54. The van der Waals surface area contributed by atoms with Crippen molar-refractivity contribution in [2.45, 2.75) is 31.1 Å². The molecule has 0 fully saturated rings. The number of thiol groups is 1.